The average Bonchev–Trinajstić information content (AvgIpc) is 3.77. The lowest BCUT2D eigenvalue weighted by Crippen LogP contribution is -2.41. The van der Waals surface area contributed by atoms with Crippen molar-refractivity contribution < 1.29 is 29.0 Å². The Labute approximate surface area is 291 Å². The van der Waals surface area contributed by atoms with E-state index in [4.69, 9.17) is 32.7 Å². The number of carbonyl (C=O) groups excluding carboxylic acids is 2. The summed E-state index contributed by atoms with van der Waals surface area (Å²) in [7, 11) is 3.64. The summed E-state index contributed by atoms with van der Waals surface area (Å²) in [6.45, 7) is 4.90. The number of para-hydroxylation sites is 1. The molecule has 6 rings (SSSR count). The largest absolute Gasteiger partial charge is 0.481 e. The van der Waals surface area contributed by atoms with Crippen LogP contribution in [0.15, 0.2) is 42.6 Å². The van der Waals surface area contributed by atoms with Crippen LogP contribution < -0.4 is 5.32 Å². The van der Waals surface area contributed by atoms with Crippen molar-refractivity contribution >= 4 is 57.6 Å². The van der Waals surface area contributed by atoms with Gasteiger partial charge in [0.2, 0.25) is 5.91 Å². The van der Waals surface area contributed by atoms with E-state index in [0.717, 1.165) is 30.4 Å². The van der Waals surface area contributed by atoms with Gasteiger partial charge in [0.05, 0.1) is 53.5 Å². The van der Waals surface area contributed by atoms with Gasteiger partial charge in [0.25, 0.3) is 5.91 Å². The van der Waals surface area contributed by atoms with Gasteiger partial charge >= 0.3 is 5.97 Å². The van der Waals surface area contributed by atoms with Crippen LogP contribution in [-0.2, 0) is 32.5 Å². The third-order valence-corrected chi connectivity index (χ3v) is 11.2. The summed E-state index contributed by atoms with van der Waals surface area (Å²) in [5.41, 5.74) is 2.42. The van der Waals surface area contributed by atoms with E-state index in [-0.39, 0.29) is 48.4 Å². The summed E-state index contributed by atoms with van der Waals surface area (Å²) in [5.74, 6) is -1.01. The number of nitrogens with zero attached hydrogens (tertiary/aromatic N) is 3. The van der Waals surface area contributed by atoms with Crippen molar-refractivity contribution in [3.63, 3.8) is 0 Å². The molecule has 3 fully saturated rings. The molecule has 3 heterocycles. The molecule has 12 heteroatoms. The van der Waals surface area contributed by atoms with Gasteiger partial charge < -0.3 is 29.4 Å². The fourth-order valence-corrected chi connectivity index (χ4v) is 8.18. The molecule has 0 unspecified atom stereocenters. The van der Waals surface area contributed by atoms with Crippen LogP contribution in [0, 0.1) is 11.8 Å². The minimum atomic E-state index is -0.739. The smallest absolute Gasteiger partial charge is 0.306 e. The van der Waals surface area contributed by atoms with Gasteiger partial charge in [-0.15, -0.1) is 0 Å². The number of hydrogen-bond acceptors (Lipinski definition) is 6. The number of aromatic nitrogens is 1. The Morgan fingerprint density at radius 1 is 1.02 bits per heavy atom. The number of amides is 2. The van der Waals surface area contributed by atoms with Gasteiger partial charge in [0, 0.05) is 62.0 Å². The number of ether oxygens (including phenoxy) is 2. The number of nitrogens with one attached hydrogen (secondary N) is 1. The quantitative estimate of drug-likeness (QED) is 0.272. The number of carboxylic acid groups (broad SMARTS) is 1. The van der Waals surface area contributed by atoms with Gasteiger partial charge in [-0.2, -0.15) is 0 Å². The van der Waals surface area contributed by atoms with Crippen molar-refractivity contribution in [2.75, 3.05) is 38.7 Å². The monoisotopic (exact) mass is 698 g/mol. The van der Waals surface area contributed by atoms with E-state index >= 15 is 0 Å². The van der Waals surface area contributed by atoms with Crippen molar-refractivity contribution in [1.29, 1.82) is 0 Å². The Balaban J connectivity index is 1.14. The number of fused-ring (bicyclic) bond motifs is 1. The van der Waals surface area contributed by atoms with E-state index in [1.54, 1.807) is 25.4 Å². The lowest BCUT2D eigenvalue weighted by molar-refractivity contribution is -0.144. The summed E-state index contributed by atoms with van der Waals surface area (Å²) >= 11 is 13.4. The SMILES string of the molecule is CO[C@H]1CN([C@H]2C[C@@H](COC3CCC(C(=O)O)CC3)N(C(=O)Cc3cc(Cl)c(NC(=O)c4cn(C)c5ccccc45)cc3Cl)C2)C[C@H]1C. The number of likely N-dealkylation sites (tertiary alicyclic amines) is 2. The van der Waals surface area contributed by atoms with E-state index in [0.29, 0.717) is 71.6 Å². The fourth-order valence-electron chi connectivity index (χ4n) is 7.72. The molecule has 1 aliphatic carbocycles. The highest BCUT2D eigenvalue weighted by molar-refractivity contribution is 6.36. The second-order valence-electron chi connectivity index (χ2n) is 13.7. The maximum Gasteiger partial charge on any atom is 0.306 e. The zero-order chi connectivity index (χ0) is 34.1. The third-order valence-electron chi connectivity index (χ3n) is 10.5. The summed E-state index contributed by atoms with van der Waals surface area (Å²) < 4.78 is 13.9. The van der Waals surface area contributed by atoms with Crippen LogP contribution in [-0.4, -0.2) is 94.9 Å². The number of anilines is 1. The molecule has 3 aliphatic rings. The first-order chi connectivity index (χ1) is 23.0. The number of carboxylic acids is 1. The molecular weight excluding hydrogens is 655 g/mol. The second kappa shape index (κ2) is 14.8. The summed E-state index contributed by atoms with van der Waals surface area (Å²) in [6.07, 6.45) is 5.41. The topological polar surface area (TPSA) is 113 Å². The maximum absolute atomic E-state index is 14.0. The van der Waals surface area contributed by atoms with E-state index in [1.807, 2.05) is 40.8 Å². The van der Waals surface area contributed by atoms with Gasteiger partial charge in [0.1, 0.15) is 0 Å². The molecule has 0 radical (unpaired) electrons. The second-order valence-corrected chi connectivity index (χ2v) is 14.5. The van der Waals surface area contributed by atoms with Crippen molar-refractivity contribution in [3.05, 3.63) is 63.8 Å². The summed E-state index contributed by atoms with van der Waals surface area (Å²) in [6, 6.07) is 11.0. The lowest BCUT2D eigenvalue weighted by atomic mass is 9.87. The first kappa shape index (κ1) is 34.7. The van der Waals surface area contributed by atoms with Gasteiger partial charge in [-0.3, -0.25) is 19.3 Å². The zero-order valence-electron chi connectivity index (χ0n) is 27.7. The summed E-state index contributed by atoms with van der Waals surface area (Å²) in [5, 5.41) is 13.7. The minimum absolute atomic E-state index is 0.00818. The van der Waals surface area contributed by atoms with Crippen LogP contribution in [0.3, 0.4) is 0 Å². The highest BCUT2D eigenvalue weighted by Crippen LogP contribution is 2.34. The van der Waals surface area contributed by atoms with E-state index in [1.165, 1.54) is 0 Å². The van der Waals surface area contributed by atoms with Gasteiger partial charge in [-0.05, 0) is 61.8 Å². The van der Waals surface area contributed by atoms with Crippen molar-refractivity contribution in [2.24, 2.45) is 18.9 Å². The highest BCUT2D eigenvalue weighted by atomic mass is 35.5. The fraction of sp³-hybridized carbons (Fsp3) is 0.528. The van der Waals surface area contributed by atoms with E-state index < -0.39 is 5.97 Å². The molecule has 0 bridgehead atoms. The molecule has 1 aromatic heterocycles. The molecule has 10 nitrogen and oxygen atoms in total. The zero-order valence-corrected chi connectivity index (χ0v) is 29.2. The Hall–Kier alpha value is -3.15. The Bertz CT molecular complexity index is 1670. The Morgan fingerprint density at radius 3 is 2.48 bits per heavy atom. The molecule has 0 spiro atoms. The predicted molar refractivity (Wildman–Crippen MR) is 186 cm³/mol. The lowest BCUT2D eigenvalue weighted by Gasteiger charge is -2.30. The number of aryl methyl sites for hydroxylation is 1. The number of hydrogen-bond donors (Lipinski definition) is 2. The van der Waals surface area contributed by atoms with Gasteiger partial charge in [0.15, 0.2) is 0 Å². The molecule has 4 atom stereocenters. The van der Waals surface area contributed by atoms with E-state index in [9.17, 15) is 19.5 Å². The van der Waals surface area contributed by atoms with Crippen LogP contribution in [0.4, 0.5) is 5.69 Å². The standard InChI is InChI=1S/C36H44Cl2N4O6/c1-21-16-41(19-33(21)47-3)24-14-25(20-48-26-10-8-22(9-11-26)36(45)46)42(17-24)34(43)13-23-12-30(38)31(15-29(23)37)39-35(44)28-18-40(2)32-7-5-4-6-27(28)32/h4-7,12,15,18,21-22,24-26,33H,8-11,13-14,16-17,19-20H2,1-3H3,(H,39,44)(H,45,46)/t21-,22?,24+,25+,26?,33+/m1/s1. The van der Waals surface area contributed by atoms with Crippen molar-refractivity contribution in [3.8, 4) is 0 Å². The van der Waals surface area contributed by atoms with Crippen LogP contribution >= 0.6 is 23.2 Å². The molecule has 2 N–H and O–H groups in total. The number of rotatable bonds is 10. The number of methoxy groups -OCH3 is 1. The maximum atomic E-state index is 14.0. The first-order valence-corrected chi connectivity index (χ1v) is 17.5. The van der Waals surface area contributed by atoms with Gasteiger partial charge in [-0.1, -0.05) is 48.3 Å². The van der Waals surface area contributed by atoms with Crippen LogP contribution in [0.1, 0.15) is 54.9 Å². The molecule has 2 aliphatic heterocycles. The van der Waals surface area contributed by atoms with Crippen LogP contribution in [0.5, 0.6) is 0 Å². The normalized spacial score (nSPS) is 26.3. The first-order valence-electron chi connectivity index (χ1n) is 16.8. The Kier molecular flexibility index (Phi) is 10.7. The van der Waals surface area contributed by atoms with Crippen molar-refractivity contribution in [1.82, 2.24) is 14.4 Å². The predicted octanol–water partition coefficient (Wildman–Crippen LogP) is 5.88. The highest BCUT2D eigenvalue weighted by Gasteiger charge is 2.42. The Morgan fingerprint density at radius 2 is 1.77 bits per heavy atom. The number of carbonyl (C=O) groups is 3. The molecule has 1 saturated carbocycles. The third kappa shape index (κ3) is 7.38. The number of halogens is 2. The summed E-state index contributed by atoms with van der Waals surface area (Å²) in [4.78, 5) is 43.0. The van der Waals surface area contributed by atoms with Crippen LogP contribution in [0.25, 0.3) is 10.9 Å². The van der Waals surface area contributed by atoms with Crippen LogP contribution in [0.2, 0.25) is 10.0 Å². The number of benzene rings is 2. The molecule has 3 aromatic rings. The average molecular weight is 700 g/mol. The molecular formula is C36H44Cl2N4O6. The molecule has 2 aromatic carbocycles. The molecule has 48 heavy (non-hydrogen) atoms. The minimum Gasteiger partial charge on any atom is -0.481 e. The number of aliphatic carboxylic acids is 1. The van der Waals surface area contributed by atoms with Crippen molar-refractivity contribution in [2.45, 2.75) is 69.7 Å². The molecule has 2 amide bonds. The molecule has 2 saturated heterocycles. The van der Waals surface area contributed by atoms with Gasteiger partial charge in [-0.25, -0.2) is 0 Å². The van der Waals surface area contributed by atoms with E-state index in [2.05, 4.69) is 17.1 Å². The molecule has 258 valence electrons.